The molecule has 208 valence electrons. The van der Waals surface area contributed by atoms with Gasteiger partial charge in [-0.3, -0.25) is 0 Å². The van der Waals surface area contributed by atoms with Crippen LogP contribution in [0.15, 0.2) is 42.5 Å². The first kappa shape index (κ1) is 28.9. The predicted molar refractivity (Wildman–Crippen MR) is 130 cm³/mol. The van der Waals surface area contributed by atoms with Gasteiger partial charge >= 0.3 is 6.11 Å². The zero-order valence-electron chi connectivity index (χ0n) is 21.0. The van der Waals surface area contributed by atoms with Gasteiger partial charge < -0.3 is 4.74 Å². The predicted octanol–water partition coefficient (Wildman–Crippen LogP) is 8.99. The molecule has 0 spiro atoms. The van der Waals surface area contributed by atoms with Gasteiger partial charge in [-0.15, -0.1) is 0 Å². The highest BCUT2D eigenvalue weighted by molar-refractivity contribution is 5.86. The number of hydrogen-bond acceptors (Lipinski definition) is 1. The largest absolute Gasteiger partial charge is 0.429 e. The lowest BCUT2D eigenvalue weighted by molar-refractivity contribution is -0.187. The van der Waals surface area contributed by atoms with E-state index in [0.717, 1.165) is 25.0 Å². The fraction of sp³-hybridized carbons (Fsp3) is 0.200. The molecular formula is C30H19F9O. The Kier molecular flexibility index (Phi) is 8.05. The Labute approximate surface area is 223 Å². The summed E-state index contributed by atoms with van der Waals surface area (Å²) in [5, 5.41) is -0.476. The van der Waals surface area contributed by atoms with E-state index >= 15 is 4.39 Å². The van der Waals surface area contributed by atoms with E-state index < -0.39 is 69.1 Å². The third kappa shape index (κ3) is 5.74. The quantitative estimate of drug-likeness (QED) is 0.129. The molecule has 0 radical (unpaired) electrons. The van der Waals surface area contributed by atoms with Crippen molar-refractivity contribution in [1.29, 1.82) is 0 Å². The van der Waals surface area contributed by atoms with Crippen molar-refractivity contribution < 1.29 is 44.3 Å². The number of benzene rings is 4. The summed E-state index contributed by atoms with van der Waals surface area (Å²) in [6, 6.07) is 5.07. The molecule has 0 aliphatic carbocycles. The number of rotatable bonds is 6. The molecule has 0 heterocycles. The molecule has 0 aromatic heterocycles. The second kappa shape index (κ2) is 11.2. The fourth-order valence-electron chi connectivity index (χ4n) is 4.07. The normalized spacial score (nSPS) is 11.5. The van der Waals surface area contributed by atoms with E-state index in [9.17, 15) is 35.1 Å². The lowest BCUT2D eigenvalue weighted by atomic mass is 9.99. The molecule has 4 aromatic rings. The van der Waals surface area contributed by atoms with Gasteiger partial charge in [0.25, 0.3) is 0 Å². The van der Waals surface area contributed by atoms with Crippen LogP contribution in [-0.4, -0.2) is 0 Å². The van der Waals surface area contributed by atoms with Gasteiger partial charge in [-0.1, -0.05) is 31.3 Å². The molecule has 0 aliphatic rings. The second-order valence-electron chi connectivity index (χ2n) is 9.04. The molecule has 0 saturated carbocycles. The number of fused-ring (bicyclic) bond motifs is 1. The van der Waals surface area contributed by atoms with E-state index in [1.807, 2.05) is 6.92 Å². The summed E-state index contributed by atoms with van der Waals surface area (Å²) < 4.78 is 133. The first-order valence-corrected chi connectivity index (χ1v) is 12.0. The van der Waals surface area contributed by atoms with Crippen molar-refractivity contribution in [3.8, 4) is 17.6 Å². The molecule has 1 nitrogen and oxygen atoms in total. The van der Waals surface area contributed by atoms with Crippen LogP contribution in [0.5, 0.6) is 5.75 Å². The summed E-state index contributed by atoms with van der Waals surface area (Å²) in [6.45, 7) is 3.19. The van der Waals surface area contributed by atoms with E-state index in [1.165, 1.54) is 13.0 Å². The number of alkyl halides is 2. The monoisotopic (exact) mass is 566 g/mol. The summed E-state index contributed by atoms with van der Waals surface area (Å²) >= 11 is 0. The van der Waals surface area contributed by atoms with Crippen molar-refractivity contribution in [2.45, 2.75) is 39.2 Å². The molecule has 0 saturated heterocycles. The smallest absolute Gasteiger partial charge is 0.429 e. The summed E-state index contributed by atoms with van der Waals surface area (Å²) in [7, 11) is 0. The second-order valence-corrected chi connectivity index (χ2v) is 9.04. The maximum atomic E-state index is 15.1. The minimum Gasteiger partial charge on any atom is -0.429 e. The van der Waals surface area contributed by atoms with Crippen molar-refractivity contribution in [2.24, 2.45) is 0 Å². The Morgan fingerprint density at radius 1 is 0.725 bits per heavy atom. The van der Waals surface area contributed by atoms with Gasteiger partial charge in [0, 0.05) is 17.7 Å². The SMILES string of the molecule is CCCCc1cc(F)c2c(F)c(C#Cc3cc(F)c(C(F)(F)Oc4cc(F)c(F)c(F)c4)cc3C)c(F)cc2c1. The fourth-order valence-corrected chi connectivity index (χ4v) is 4.07. The molecule has 0 N–H and O–H groups in total. The third-order valence-corrected chi connectivity index (χ3v) is 6.11. The summed E-state index contributed by atoms with van der Waals surface area (Å²) in [5.41, 5.74) is -1.87. The van der Waals surface area contributed by atoms with Crippen molar-refractivity contribution >= 4 is 10.8 Å². The van der Waals surface area contributed by atoms with Crippen molar-refractivity contribution in [3.63, 3.8) is 0 Å². The van der Waals surface area contributed by atoms with Crippen LogP contribution in [-0.2, 0) is 12.5 Å². The Balaban J connectivity index is 1.69. The number of aryl methyl sites for hydroxylation is 2. The van der Waals surface area contributed by atoms with Gasteiger partial charge in [0.15, 0.2) is 23.3 Å². The molecule has 0 atom stereocenters. The van der Waals surface area contributed by atoms with Crippen LogP contribution >= 0.6 is 0 Å². The number of unbranched alkanes of at least 4 members (excludes halogenated alkanes) is 1. The molecule has 4 rings (SSSR count). The lowest BCUT2D eigenvalue weighted by Crippen LogP contribution is -2.24. The minimum atomic E-state index is -4.46. The molecule has 0 aliphatic heterocycles. The van der Waals surface area contributed by atoms with Crippen LogP contribution in [0.2, 0.25) is 0 Å². The first-order valence-electron chi connectivity index (χ1n) is 12.0. The van der Waals surface area contributed by atoms with Gasteiger partial charge in [-0.05, 0) is 60.5 Å². The standard InChI is InChI=1S/C30H19F9O/c1-3-4-5-16-9-18-12-22(31)20(28(36)27(18)24(33)10-16)7-6-17-11-23(32)21(8-15(17)2)30(38,39)40-19-13-25(34)29(37)26(35)14-19/h8-14H,3-5H2,1-2H3. The van der Waals surface area contributed by atoms with Gasteiger partial charge in [0.2, 0.25) is 0 Å². The molecule has 0 fully saturated rings. The minimum absolute atomic E-state index is 0.00128. The Morgan fingerprint density at radius 3 is 2.05 bits per heavy atom. The van der Waals surface area contributed by atoms with Crippen molar-refractivity contribution in [2.75, 3.05) is 0 Å². The average molecular weight is 566 g/mol. The van der Waals surface area contributed by atoms with E-state index in [0.29, 0.717) is 24.1 Å². The van der Waals surface area contributed by atoms with Gasteiger partial charge in [-0.2, -0.15) is 8.78 Å². The zero-order valence-corrected chi connectivity index (χ0v) is 21.0. The van der Waals surface area contributed by atoms with Crippen LogP contribution < -0.4 is 4.74 Å². The number of halogens is 9. The third-order valence-electron chi connectivity index (χ3n) is 6.11. The molecule has 10 heteroatoms. The molecule has 0 amide bonds. The summed E-state index contributed by atoms with van der Waals surface area (Å²) in [4.78, 5) is 0. The van der Waals surface area contributed by atoms with Gasteiger partial charge in [-0.25, -0.2) is 30.7 Å². The Bertz CT molecular complexity index is 1660. The van der Waals surface area contributed by atoms with Crippen LogP contribution in [0, 0.1) is 59.5 Å². The average Bonchev–Trinajstić information content (AvgIpc) is 2.86. The zero-order chi connectivity index (χ0) is 29.4. The number of ether oxygens (including phenoxy) is 1. The van der Waals surface area contributed by atoms with Crippen molar-refractivity contribution in [1.82, 2.24) is 0 Å². The van der Waals surface area contributed by atoms with E-state index in [2.05, 4.69) is 16.6 Å². The number of hydrogen-bond donors (Lipinski definition) is 0. The van der Waals surface area contributed by atoms with E-state index in [-0.39, 0.29) is 28.6 Å². The molecule has 40 heavy (non-hydrogen) atoms. The van der Waals surface area contributed by atoms with Gasteiger partial charge in [0.05, 0.1) is 10.9 Å². The lowest BCUT2D eigenvalue weighted by Gasteiger charge is -2.20. The van der Waals surface area contributed by atoms with Crippen LogP contribution in [0.25, 0.3) is 10.8 Å². The maximum Gasteiger partial charge on any atom is 0.429 e. The van der Waals surface area contributed by atoms with Crippen LogP contribution in [0.4, 0.5) is 39.5 Å². The highest BCUT2D eigenvalue weighted by atomic mass is 19.3. The summed E-state index contributed by atoms with van der Waals surface area (Å²) in [5.74, 6) is -6.94. The maximum absolute atomic E-state index is 15.1. The first-order chi connectivity index (χ1) is 18.8. The molecule has 0 unspecified atom stereocenters. The van der Waals surface area contributed by atoms with Crippen molar-refractivity contribution in [3.05, 3.63) is 111 Å². The Morgan fingerprint density at radius 2 is 1.40 bits per heavy atom. The Hall–Kier alpha value is -4.13. The van der Waals surface area contributed by atoms with E-state index in [4.69, 9.17) is 0 Å². The van der Waals surface area contributed by atoms with Crippen LogP contribution in [0.3, 0.4) is 0 Å². The molecule has 4 aromatic carbocycles. The van der Waals surface area contributed by atoms with E-state index in [1.54, 1.807) is 0 Å². The topological polar surface area (TPSA) is 9.23 Å². The highest BCUT2D eigenvalue weighted by Gasteiger charge is 2.38. The highest BCUT2D eigenvalue weighted by Crippen LogP contribution is 2.35. The molecule has 0 bridgehead atoms. The molecular weight excluding hydrogens is 547 g/mol. The van der Waals surface area contributed by atoms with Gasteiger partial charge in [0.1, 0.15) is 28.8 Å². The summed E-state index contributed by atoms with van der Waals surface area (Å²) in [6.07, 6.45) is -2.33. The van der Waals surface area contributed by atoms with Crippen LogP contribution in [0.1, 0.15) is 47.6 Å².